The van der Waals surface area contributed by atoms with Crippen molar-refractivity contribution in [1.82, 2.24) is 15.0 Å². The molecule has 1 aromatic carbocycles. The Bertz CT molecular complexity index is 481. The molecule has 1 N–H and O–H groups in total. The zero-order valence-electron chi connectivity index (χ0n) is 8.18. The van der Waals surface area contributed by atoms with Crippen LogP contribution in [0.3, 0.4) is 0 Å². The molecule has 0 fully saturated rings. The van der Waals surface area contributed by atoms with Gasteiger partial charge in [-0.1, -0.05) is 22.9 Å². The Labute approximate surface area is 92.1 Å². The van der Waals surface area contributed by atoms with Gasteiger partial charge in [0.25, 0.3) is 0 Å². The highest BCUT2D eigenvalue weighted by Gasteiger charge is 2.05. The van der Waals surface area contributed by atoms with E-state index < -0.39 is 0 Å². The van der Waals surface area contributed by atoms with Crippen LogP contribution in [0.15, 0.2) is 24.4 Å². The van der Waals surface area contributed by atoms with E-state index in [9.17, 15) is 0 Å². The zero-order chi connectivity index (χ0) is 10.8. The predicted molar refractivity (Wildman–Crippen MR) is 57.0 cm³/mol. The van der Waals surface area contributed by atoms with Crippen molar-refractivity contribution >= 4 is 11.6 Å². The second-order valence-corrected chi connectivity index (χ2v) is 3.67. The number of aliphatic hydroxyl groups excluding tert-OH is 1. The summed E-state index contributed by atoms with van der Waals surface area (Å²) >= 11 is 6.07. The molecule has 15 heavy (non-hydrogen) atoms. The SMILES string of the molecule is Cc1ccc(-n2cc(CO)nn2)c(Cl)c1. The average molecular weight is 224 g/mol. The Morgan fingerprint density at radius 2 is 2.27 bits per heavy atom. The van der Waals surface area contributed by atoms with E-state index in [4.69, 9.17) is 16.7 Å². The molecule has 0 radical (unpaired) electrons. The zero-order valence-corrected chi connectivity index (χ0v) is 8.94. The monoisotopic (exact) mass is 223 g/mol. The normalized spacial score (nSPS) is 10.6. The van der Waals surface area contributed by atoms with E-state index in [0.717, 1.165) is 11.3 Å². The van der Waals surface area contributed by atoms with Gasteiger partial charge < -0.3 is 5.11 Å². The van der Waals surface area contributed by atoms with Gasteiger partial charge in [-0.25, -0.2) is 4.68 Å². The molecule has 2 rings (SSSR count). The molecule has 0 aliphatic carbocycles. The third kappa shape index (κ3) is 2.00. The van der Waals surface area contributed by atoms with Crippen LogP contribution in [0.25, 0.3) is 5.69 Å². The molecule has 0 atom stereocenters. The Balaban J connectivity index is 2.44. The number of aromatic nitrogens is 3. The van der Waals surface area contributed by atoms with Crippen LogP contribution in [0.2, 0.25) is 5.02 Å². The Morgan fingerprint density at radius 1 is 1.47 bits per heavy atom. The number of hydrogen-bond donors (Lipinski definition) is 1. The van der Waals surface area contributed by atoms with Crippen molar-refractivity contribution in [2.24, 2.45) is 0 Å². The highest BCUT2D eigenvalue weighted by atomic mass is 35.5. The second-order valence-electron chi connectivity index (χ2n) is 3.27. The molecule has 0 saturated heterocycles. The lowest BCUT2D eigenvalue weighted by Crippen LogP contribution is -1.96. The van der Waals surface area contributed by atoms with Gasteiger partial charge in [0.1, 0.15) is 5.69 Å². The van der Waals surface area contributed by atoms with Crippen molar-refractivity contribution in [2.75, 3.05) is 0 Å². The molecule has 5 heteroatoms. The van der Waals surface area contributed by atoms with Gasteiger partial charge in [0.15, 0.2) is 0 Å². The fourth-order valence-electron chi connectivity index (χ4n) is 1.29. The number of nitrogens with zero attached hydrogens (tertiary/aromatic N) is 3. The molecule has 0 bridgehead atoms. The molecule has 4 nitrogen and oxygen atoms in total. The molecule has 1 aromatic heterocycles. The van der Waals surface area contributed by atoms with Crippen molar-refractivity contribution in [1.29, 1.82) is 0 Å². The van der Waals surface area contributed by atoms with Gasteiger partial charge >= 0.3 is 0 Å². The summed E-state index contributed by atoms with van der Waals surface area (Å²) in [6.07, 6.45) is 1.65. The predicted octanol–water partition coefficient (Wildman–Crippen LogP) is 1.72. The molecule has 0 aliphatic heterocycles. The number of hydrogen-bond acceptors (Lipinski definition) is 3. The van der Waals surface area contributed by atoms with Crippen molar-refractivity contribution in [3.63, 3.8) is 0 Å². The van der Waals surface area contributed by atoms with Crippen LogP contribution in [0.5, 0.6) is 0 Å². The van der Waals surface area contributed by atoms with E-state index in [1.54, 1.807) is 10.9 Å². The third-order valence-corrected chi connectivity index (χ3v) is 2.36. The maximum atomic E-state index is 8.86. The summed E-state index contributed by atoms with van der Waals surface area (Å²) in [4.78, 5) is 0. The maximum absolute atomic E-state index is 8.86. The highest BCUT2D eigenvalue weighted by molar-refractivity contribution is 6.32. The van der Waals surface area contributed by atoms with Crippen LogP contribution < -0.4 is 0 Å². The van der Waals surface area contributed by atoms with E-state index in [2.05, 4.69) is 10.3 Å². The van der Waals surface area contributed by atoms with Crippen molar-refractivity contribution in [3.05, 3.63) is 40.7 Å². The second kappa shape index (κ2) is 4.00. The van der Waals surface area contributed by atoms with Gasteiger partial charge in [-0.15, -0.1) is 5.10 Å². The largest absolute Gasteiger partial charge is 0.390 e. The maximum Gasteiger partial charge on any atom is 0.109 e. The summed E-state index contributed by atoms with van der Waals surface area (Å²) in [6, 6.07) is 5.67. The van der Waals surface area contributed by atoms with Gasteiger partial charge in [-0.05, 0) is 24.6 Å². The van der Waals surface area contributed by atoms with Gasteiger partial charge in [0.05, 0.1) is 23.5 Å². The number of benzene rings is 1. The number of aliphatic hydroxyl groups is 1. The molecule has 0 unspecified atom stereocenters. The molecule has 0 aliphatic rings. The van der Waals surface area contributed by atoms with Crippen LogP contribution in [0.4, 0.5) is 0 Å². The lowest BCUT2D eigenvalue weighted by molar-refractivity contribution is 0.276. The first-order chi connectivity index (χ1) is 7.20. The Hall–Kier alpha value is -1.39. The average Bonchev–Trinajstić information content (AvgIpc) is 2.66. The van der Waals surface area contributed by atoms with E-state index in [1.165, 1.54) is 0 Å². The lowest BCUT2D eigenvalue weighted by Gasteiger charge is -2.03. The molecule has 0 spiro atoms. The quantitative estimate of drug-likeness (QED) is 0.844. The number of aryl methyl sites for hydroxylation is 1. The van der Waals surface area contributed by atoms with Crippen molar-refractivity contribution in [2.45, 2.75) is 13.5 Å². The minimum atomic E-state index is -0.122. The third-order valence-electron chi connectivity index (χ3n) is 2.05. The summed E-state index contributed by atoms with van der Waals surface area (Å²) in [7, 11) is 0. The van der Waals surface area contributed by atoms with Crippen LogP contribution in [0, 0.1) is 6.92 Å². The topological polar surface area (TPSA) is 50.9 Å². The van der Waals surface area contributed by atoms with Crippen LogP contribution in [0.1, 0.15) is 11.3 Å². The summed E-state index contributed by atoms with van der Waals surface area (Å²) in [5.74, 6) is 0. The molecule has 1 heterocycles. The number of halogens is 1. The standard InChI is InChI=1S/C10H10ClN3O/c1-7-2-3-10(9(11)4-7)14-5-8(6-15)12-13-14/h2-5,15H,6H2,1H3. The molecule has 0 saturated carbocycles. The summed E-state index contributed by atoms with van der Waals surface area (Å²) in [5, 5.41) is 17.1. The summed E-state index contributed by atoms with van der Waals surface area (Å²) in [5.41, 5.74) is 2.37. The smallest absolute Gasteiger partial charge is 0.109 e. The van der Waals surface area contributed by atoms with E-state index >= 15 is 0 Å². The van der Waals surface area contributed by atoms with E-state index in [-0.39, 0.29) is 6.61 Å². The first-order valence-corrected chi connectivity index (χ1v) is 4.87. The van der Waals surface area contributed by atoms with Crippen molar-refractivity contribution < 1.29 is 5.11 Å². The van der Waals surface area contributed by atoms with E-state index in [1.807, 2.05) is 25.1 Å². The minimum absolute atomic E-state index is 0.122. The van der Waals surface area contributed by atoms with Crippen LogP contribution in [-0.2, 0) is 6.61 Å². The molecule has 2 aromatic rings. The molecule has 0 amide bonds. The van der Waals surface area contributed by atoms with Crippen LogP contribution in [-0.4, -0.2) is 20.1 Å². The first kappa shape index (κ1) is 10.1. The van der Waals surface area contributed by atoms with Gasteiger partial charge in [0.2, 0.25) is 0 Å². The molecular formula is C10H10ClN3O. The first-order valence-electron chi connectivity index (χ1n) is 4.49. The van der Waals surface area contributed by atoms with Gasteiger partial charge in [-0.3, -0.25) is 0 Å². The fraction of sp³-hybridized carbons (Fsp3) is 0.200. The summed E-state index contributed by atoms with van der Waals surface area (Å²) in [6.45, 7) is 1.85. The van der Waals surface area contributed by atoms with Crippen molar-refractivity contribution in [3.8, 4) is 5.69 Å². The molecule has 78 valence electrons. The lowest BCUT2D eigenvalue weighted by atomic mass is 10.2. The molecular weight excluding hydrogens is 214 g/mol. The fourth-order valence-corrected chi connectivity index (χ4v) is 1.61. The number of rotatable bonds is 2. The Morgan fingerprint density at radius 3 is 2.87 bits per heavy atom. The minimum Gasteiger partial charge on any atom is -0.390 e. The van der Waals surface area contributed by atoms with Gasteiger partial charge in [-0.2, -0.15) is 0 Å². The van der Waals surface area contributed by atoms with Gasteiger partial charge in [0, 0.05) is 0 Å². The summed E-state index contributed by atoms with van der Waals surface area (Å²) < 4.78 is 1.55. The van der Waals surface area contributed by atoms with E-state index in [0.29, 0.717) is 10.7 Å². The highest BCUT2D eigenvalue weighted by Crippen LogP contribution is 2.20. The van der Waals surface area contributed by atoms with Crippen LogP contribution >= 0.6 is 11.6 Å². The Kier molecular flexibility index (Phi) is 2.70.